The first-order valence-corrected chi connectivity index (χ1v) is 11.8. The number of carbonyl (C=O) groups excluding carboxylic acids is 2. The summed E-state index contributed by atoms with van der Waals surface area (Å²) in [4.78, 5) is 34.6. The summed E-state index contributed by atoms with van der Waals surface area (Å²) in [5.41, 5.74) is 4.59. The second kappa shape index (κ2) is 8.53. The number of carbonyl (C=O) groups is 2. The van der Waals surface area contributed by atoms with Crippen LogP contribution in [0.15, 0.2) is 41.4 Å². The van der Waals surface area contributed by atoms with Crippen molar-refractivity contribution < 1.29 is 28.3 Å². The molecule has 2 bridgehead atoms. The molecule has 3 aliphatic heterocycles. The van der Waals surface area contributed by atoms with Crippen LogP contribution in [0.1, 0.15) is 56.0 Å². The van der Waals surface area contributed by atoms with Gasteiger partial charge in [0.2, 0.25) is 11.6 Å². The molecular formula is C24H31N4O5+. The summed E-state index contributed by atoms with van der Waals surface area (Å²) in [6.07, 6.45) is 10.8. The smallest absolute Gasteiger partial charge is 0.346 e. The fraction of sp³-hybridized carbons (Fsp3) is 0.583. The lowest BCUT2D eigenvalue weighted by molar-refractivity contribution is -0.965. The third-order valence-corrected chi connectivity index (χ3v) is 8.05. The third-order valence-electron chi connectivity index (χ3n) is 8.05. The molecule has 176 valence electrons. The molecular weight excluding hydrogens is 424 g/mol. The van der Waals surface area contributed by atoms with Gasteiger partial charge in [-0.3, -0.25) is 14.8 Å². The molecule has 0 radical (unpaired) electrons. The zero-order valence-electron chi connectivity index (χ0n) is 18.6. The van der Waals surface area contributed by atoms with E-state index in [-0.39, 0.29) is 17.6 Å². The van der Waals surface area contributed by atoms with E-state index in [1.807, 2.05) is 0 Å². The van der Waals surface area contributed by atoms with Gasteiger partial charge in [-0.1, -0.05) is 12.8 Å². The Balaban J connectivity index is 1.41. The van der Waals surface area contributed by atoms with Crippen molar-refractivity contribution in [3.8, 4) is 0 Å². The van der Waals surface area contributed by atoms with E-state index in [0.717, 1.165) is 51.6 Å². The minimum Gasteiger partial charge on any atom is -0.466 e. The molecule has 6 rings (SSSR count). The maximum atomic E-state index is 13.5. The molecule has 2 unspecified atom stereocenters. The van der Waals surface area contributed by atoms with Gasteiger partial charge in [-0.2, -0.15) is 0 Å². The van der Waals surface area contributed by atoms with E-state index in [9.17, 15) is 14.7 Å². The Morgan fingerprint density at radius 3 is 2.58 bits per heavy atom. The molecule has 4 fully saturated rings. The van der Waals surface area contributed by atoms with Crippen LogP contribution >= 0.6 is 0 Å². The SMILES string of the molecule is NC(=O)C(c1cnccn1)[N+]12CCC(CC1)[C@@H](OC(=O)C(O)(c1ccco1)C1CCCC1)C2. The number of hydrogen-bond acceptors (Lipinski definition) is 7. The van der Waals surface area contributed by atoms with Crippen molar-refractivity contribution in [1.29, 1.82) is 0 Å². The van der Waals surface area contributed by atoms with Crippen LogP contribution in [0.5, 0.6) is 0 Å². The Labute approximate surface area is 192 Å². The van der Waals surface area contributed by atoms with Gasteiger partial charge in [0.25, 0.3) is 5.91 Å². The largest absolute Gasteiger partial charge is 0.466 e. The van der Waals surface area contributed by atoms with Crippen LogP contribution in [0.2, 0.25) is 0 Å². The summed E-state index contributed by atoms with van der Waals surface area (Å²) < 4.78 is 12.0. The van der Waals surface area contributed by atoms with Crippen LogP contribution in [-0.2, 0) is 19.9 Å². The fourth-order valence-corrected chi connectivity index (χ4v) is 6.34. The molecule has 2 aromatic heterocycles. The molecule has 0 spiro atoms. The minimum absolute atomic E-state index is 0.189. The van der Waals surface area contributed by atoms with E-state index in [4.69, 9.17) is 14.9 Å². The van der Waals surface area contributed by atoms with E-state index >= 15 is 0 Å². The molecule has 9 nitrogen and oxygen atoms in total. The average molecular weight is 456 g/mol. The molecule has 3 atom stereocenters. The minimum atomic E-state index is -1.80. The number of piperidine rings is 3. The topological polar surface area (TPSA) is 129 Å². The van der Waals surface area contributed by atoms with Crippen LogP contribution < -0.4 is 5.73 Å². The van der Waals surface area contributed by atoms with Crippen LogP contribution in [0.4, 0.5) is 0 Å². The predicted molar refractivity (Wildman–Crippen MR) is 116 cm³/mol. The Hall–Kier alpha value is -2.78. The second-order valence-electron chi connectivity index (χ2n) is 9.79. The number of aromatic nitrogens is 2. The van der Waals surface area contributed by atoms with Gasteiger partial charge in [0.05, 0.1) is 25.5 Å². The number of esters is 1. The van der Waals surface area contributed by atoms with Gasteiger partial charge in [-0.25, -0.2) is 4.79 Å². The number of rotatable bonds is 7. The fourth-order valence-electron chi connectivity index (χ4n) is 6.34. The van der Waals surface area contributed by atoms with Crippen LogP contribution in [-0.4, -0.2) is 57.2 Å². The molecule has 0 aromatic carbocycles. The first-order chi connectivity index (χ1) is 15.9. The first kappa shape index (κ1) is 22.0. The van der Waals surface area contributed by atoms with Crippen LogP contribution in [0.25, 0.3) is 0 Å². The molecule has 1 saturated carbocycles. The van der Waals surface area contributed by atoms with Gasteiger partial charge in [0, 0.05) is 37.1 Å². The molecule has 5 heterocycles. The van der Waals surface area contributed by atoms with Gasteiger partial charge >= 0.3 is 5.97 Å². The Bertz CT molecular complexity index is 984. The maximum absolute atomic E-state index is 13.5. The monoisotopic (exact) mass is 455 g/mol. The Morgan fingerprint density at radius 1 is 1.21 bits per heavy atom. The summed E-state index contributed by atoms with van der Waals surface area (Å²) >= 11 is 0. The molecule has 33 heavy (non-hydrogen) atoms. The standard InChI is InChI=1S/C24H30N4O5/c25-22(29)21(18-14-26-9-10-27-18)28-11-7-16(8-12-28)19(15-28)33-23(30)24(31,17-4-1-2-5-17)20-6-3-13-32-20/h3,6,9-10,13-14,16-17,19,21,31H,1-2,4-5,7-8,11-12,15H2,(H-,25,29)/p+1/t16?,19-,21?,24?,28?/m0/s1. The maximum Gasteiger partial charge on any atom is 0.346 e. The summed E-state index contributed by atoms with van der Waals surface area (Å²) in [5, 5.41) is 11.6. The number of furan rings is 1. The quantitative estimate of drug-likeness (QED) is 0.481. The van der Waals surface area contributed by atoms with Crippen molar-refractivity contribution in [2.45, 2.75) is 56.3 Å². The third kappa shape index (κ3) is 3.73. The Morgan fingerprint density at radius 2 is 1.97 bits per heavy atom. The highest BCUT2D eigenvalue weighted by atomic mass is 16.6. The summed E-state index contributed by atoms with van der Waals surface area (Å²) in [5.74, 6) is -0.929. The zero-order chi connectivity index (χ0) is 23.1. The van der Waals surface area contributed by atoms with Crippen molar-refractivity contribution >= 4 is 11.9 Å². The zero-order valence-corrected chi connectivity index (χ0v) is 18.6. The molecule has 2 aromatic rings. The van der Waals surface area contributed by atoms with E-state index in [1.54, 1.807) is 30.7 Å². The van der Waals surface area contributed by atoms with Gasteiger partial charge in [0.15, 0.2) is 6.10 Å². The summed E-state index contributed by atoms with van der Waals surface area (Å²) in [7, 11) is 0. The van der Waals surface area contributed by atoms with Gasteiger partial charge in [-0.15, -0.1) is 0 Å². The van der Waals surface area contributed by atoms with Gasteiger partial charge < -0.3 is 24.5 Å². The Kier molecular flexibility index (Phi) is 5.70. The highest BCUT2D eigenvalue weighted by molar-refractivity contribution is 5.81. The average Bonchev–Trinajstić information content (AvgIpc) is 3.55. The van der Waals surface area contributed by atoms with Crippen molar-refractivity contribution in [1.82, 2.24) is 9.97 Å². The van der Waals surface area contributed by atoms with Crippen molar-refractivity contribution in [3.63, 3.8) is 0 Å². The van der Waals surface area contributed by atoms with E-state index < -0.39 is 29.6 Å². The number of aliphatic hydroxyl groups is 1. The molecule has 4 aliphatic rings. The molecule has 3 saturated heterocycles. The van der Waals surface area contributed by atoms with Crippen LogP contribution in [0, 0.1) is 11.8 Å². The molecule has 3 N–H and O–H groups in total. The number of quaternary nitrogens is 1. The number of fused-ring (bicyclic) bond motifs is 3. The highest BCUT2D eigenvalue weighted by Crippen LogP contribution is 2.45. The summed E-state index contributed by atoms with van der Waals surface area (Å²) in [6.45, 7) is 1.97. The molecule has 9 heteroatoms. The number of hydrogen-bond donors (Lipinski definition) is 2. The highest BCUT2D eigenvalue weighted by Gasteiger charge is 2.57. The molecule has 1 amide bonds. The van der Waals surface area contributed by atoms with Crippen molar-refractivity contribution in [2.75, 3.05) is 19.6 Å². The predicted octanol–water partition coefficient (Wildman–Crippen LogP) is 1.83. The van der Waals surface area contributed by atoms with E-state index in [0.29, 0.717) is 16.7 Å². The van der Waals surface area contributed by atoms with E-state index in [1.165, 1.54) is 6.26 Å². The first-order valence-electron chi connectivity index (χ1n) is 11.8. The number of primary amides is 1. The van der Waals surface area contributed by atoms with Crippen molar-refractivity contribution in [3.05, 3.63) is 48.4 Å². The normalized spacial score (nSPS) is 30.0. The van der Waals surface area contributed by atoms with Crippen LogP contribution in [0.3, 0.4) is 0 Å². The van der Waals surface area contributed by atoms with E-state index in [2.05, 4.69) is 9.97 Å². The number of nitrogens with two attached hydrogens (primary N) is 1. The second-order valence-corrected chi connectivity index (χ2v) is 9.79. The lowest BCUT2D eigenvalue weighted by Gasteiger charge is -2.54. The van der Waals surface area contributed by atoms with Gasteiger partial charge in [-0.05, 0) is 25.0 Å². The van der Waals surface area contributed by atoms with Crippen molar-refractivity contribution in [2.24, 2.45) is 17.6 Å². The summed E-state index contributed by atoms with van der Waals surface area (Å²) in [6, 6.07) is 2.66. The lowest BCUT2D eigenvalue weighted by Crippen LogP contribution is -2.67. The number of ether oxygens (including phenoxy) is 1. The molecule has 1 aliphatic carbocycles. The lowest BCUT2D eigenvalue weighted by atomic mass is 9.80. The number of amides is 1. The van der Waals surface area contributed by atoms with Gasteiger partial charge in [0.1, 0.15) is 18.0 Å². The number of nitrogens with zero attached hydrogens (tertiary/aromatic N) is 3.